The maximum Gasteiger partial charge on any atom is 1.00 e. The molecule has 0 saturated heterocycles. The second kappa shape index (κ2) is 16.4. The van der Waals surface area contributed by atoms with Gasteiger partial charge in [0.25, 0.3) is 0 Å². The maximum absolute atomic E-state index is 4.16. The van der Waals surface area contributed by atoms with Gasteiger partial charge in [-0.05, 0) is 47.5 Å². The zero-order valence-corrected chi connectivity index (χ0v) is 24.0. The minimum atomic E-state index is 0. The molecule has 10 nitrogen and oxygen atoms in total. The van der Waals surface area contributed by atoms with Gasteiger partial charge in [0.15, 0.2) is 0 Å². The van der Waals surface area contributed by atoms with Gasteiger partial charge in [-0.3, -0.25) is 0 Å². The van der Waals surface area contributed by atoms with Crippen LogP contribution in [0.15, 0.2) is 18.6 Å². The molecular formula is C24H45CuN10+2. The van der Waals surface area contributed by atoms with Gasteiger partial charge < -0.3 is 4.90 Å². The Labute approximate surface area is 222 Å². The third-order valence-electron chi connectivity index (χ3n) is 4.68. The van der Waals surface area contributed by atoms with E-state index in [0.29, 0.717) is 24.0 Å². The molecule has 0 radical (unpaired) electrons. The number of nitrogens with one attached hydrogen (secondary N) is 1. The average molecular weight is 537 g/mol. The zero-order valence-electron chi connectivity index (χ0n) is 23.1. The summed E-state index contributed by atoms with van der Waals surface area (Å²) in [6.45, 7) is 22.2. The maximum atomic E-state index is 4.16. The van der Waals surface area contributed by atoms with E-state index in [1.807, 2.05) is 52.9 Å². The Morgan fingerprint density at radius 2 is 1.06 bits per heavy atom. The Morgan fingerprint density at radius 1 is 0.714 bits per heavy atom. The van der Waals surface area contributed by atoms with Gasteiger partial charge in [0.1, 0.15) is 11.4 Å². The standard InChI is InChI=1S/C13H23N7.C8H15N3.C3H7.Cu/c1-10(2)19-8-12(14-16-19)6-18(5)7-13-9-20(11(3)4)17-15-13;1-6(2)8-5-11(7(3)4)10-9-8;1-3-2;/h8-11,18H,5-7H2,1-4H3;5-7H,1-4H3;3H,1-2H3;/q;;2*+1. The van der Waals surface area contributed by atoms with E-state index in [-0.39, 0.29) is 17.1 Å². The average Bonchev–Trinajstić information content (AvgIpc) is 3.49. The van der Waals surface area contributed by atoms with Gasteiger partial charge in [-0.1, -0.05) is 29.5 Å². The monoisotopic (exact) mass is 536 g/mol. The molecule has 0 atom stereocenters. The second-order valence-electron chi connectivity index (χ2n) is 9.62. The third-order valence-corrected chi connectivity index (χ3v) is 4.68. The van der Waals surface area contributed by atoms with Crippen molar-refractivity contribution < 1.29 is 22.0 Å². The van der Waals surface area contributed by atoms with Crippen molar-refractivity contribution in [2.24, 2.45) is 0 Å². The summed E-state index contributed by atoms with van der Waals surface area (Å²) in [6, 6.07) is 1.07. The number of aromatic nitrogens is 9. The summed E-state index contributed by atoms with van der Waals surface area (Å²) in [7, 11) is 4.10. The molecule has 1 N–H and O–H groups in total. The van der Waals surface area contributed by atoms with Crippen LogP contribution in [-0.2, 0) is 30.2 Å². The van der Waals surface area contributed by atoms with Crippen LogP contribution in [0.5, 0.6) is 0 Å². The molecule has 0 aliphatic carbocycles. The molecule has 3 aromatic rings. The van der Waals surface area contributed by atoms with E-state index in [1.54, 1.807) is 0 Å². The topological polar surface area (TPSA) is 96.6 Å². The molecule has 200 valence electrons. The smallest absolute Gasteiger partial charge is 0.458 e. The number of quaternary nitrogens is 1. The predicted molar refractivity (Wildman–Crippen MR) is 135 cm³/mol. The molecule has 0 bridgehead atoms. The van der Waals surface area contributed by atoms with Crippen LogP contribution in [0.25, 0.3) is 0 Å². The molecule has 0 saturated carbocycles. The number of rotatable bonds is 8. The van der Waals surface area contributed by atoms with E-state index in [9.17, 15) is 0 Å². The van der Waals surface area contributed by atoms with Gasteiger partial charge in [-0.15, -0.1) is 15.3 Å². The van der Waals surface area contributed by atoms with E-state index in [1.165, 1.54) is 0 Å². The van der Waals surface area contributed by atoms with Gasteiger partial charge in [-0.25, -0.2) is 14.0 Å². The fourth-order valence-corrected chi connectivity index (χ4v) is 2.68. The van der Waals surface area contributed by atoms with Crippen molar-refractivity contribution >= 4 is 0 Å². The van der Waals surface area contributed by atoms with Crippen molar-refractivity contribution in [3.63, 3.8) is 0 Å². The summed E-state index contributed by atoms with van der Waals surface area (Å²) in [5.74, 6) is 0.475. The second-order valence-corrected chi connectivity index (χ2v) is 9.62. The van der Waals surface area contributed by atoms with Crippen LogP contribution in [0.4, 0.5) is 0 Å². The van der Waals surface area contributed by atoms with Crippen LogP contribution < -0.4 is 4.90 Å². The molecular weight excluding hydrogens is 492 g/mol. The molecule has 3 aromatic heterocycles. The summed E-state index contributed by atoms with van der Waals surface area (Å²) < 4.78 is 5.60. The first-order chi connectivity index (χ1) is 16.0. The largest absolute Gasteiger partial charge is 1.00 e. The Bertz CT molecular complexity index is 856. The molecule has 3 rings (SSSR count). The normalized spacial score (nSPS) is 10.9. The molecule has 3 heterocycles. The van der Waals surface area contributed by atoms with Gasteiger partial charge in [0.2, 0.25) is 0 Å². The minimum Gasteiger partial charge on any atom is -0.458 e. The summed E-state index contributed by atoms with van der Waals surface area (Å²) in [6.07, 6.45) is 7.96. The van der Waals surface area contributed by atoms with Crippen molar-refractivity contribution in [1.29, 1.82) is 0 Å². The number of hydrogen-bond acceptors (Lipinski definition) is 6. The van der Waals surface area contributed by atoms with Crippen LogP contribution in [-0.4, -0.2) is 45.0 Å². The van der Waals surface area contributed by atoms with E-state index in [2.05, 4.69) is 93.4 Å². The van der Waals surface area contributed by atoms with Crippen LogP contribution in [0.2, 0.25) is 0 Å². The summed E-state index contributed by atoms with van der Waals surface area (Å²) >= 11 is 0. The summed E-state index contributed by atoms with van der Waals surface area (Å²) in [5, 5.41) is 24.6. The first kappa shape index (κ1) is 32.8. The van der Waals surface area contributed by atoms with Crippen molar-refractivity contribution in [2.45, 2.75) is 106 Å². The predicted octanol–water partition coefficient (Wildman–Crippen LogP) is 3.62. The molecule has 35 heavy (non-hydrogen) atoms. The molecule has 0 amide bonds. The fraction of sp³-hybridized carbons (Fsp3) is 0.667. The van der Waals surface area contributed by atoms with Gasteiger partial charge >= 0.3 is 17.1 Å². The van der Waals surface area contributed by atoms with Crippen LogP contribution >= 0.6 is 0 Å². The van der Waals surface area contributed by atoms with Gasteiger partial charge in [-0.2, -0.15) is 7.05 Å². The zero-order chi connectivity index (χ0) is 25.8. The van der Waals surface area contributed by atoms with Crippen LogP contribution in [0.1, 0.15) is 110 Å². The fourth-order valence-electron chi connectivity index (χ4n) is 2.68. The van der Waals surface area contributed by atoms with E-state index in [4.69, 9.17) is 0 Å². The molecule has 0 fully saturated rings. The molecule has 0 aliphatic heterocycles. The van der Waals surface area contributed by atoms with Crippen LogP contribution in [0.3, 0.4) is 0 Å². The van der Waals surface area contributed by atoms with Crippen molar-refractivity contribution in [1.82, 2.24) is 45.0 Å². The van der Waals surface area contributed by atoms with E-state index < -0.39 is 0 Å². The van der Waals surface area contributed by atoms with Crippen molar-refractivity contribution in [3.8, 4) is 0 Å². The van der Waals surface area contributed by atoms with Gasteiger partial charge in [0.05, 0.1) is 51.4 Å². The first-order valence-electron chi connectivity index (χ1n) is 12.1. The van der Waals surface area contributed by atoms with E-state index >= 15 is 0 Å². The summed E-state index contributed by atoms with van der Waals surface area (Å²) in [4.78, 5) is 1.07. The Hall–Kier alpha value is -2.23. The van der Waals surface area contributed by atoms with Gasteiger partial charge in [0, 0.05) is 24.3 Å². The first-order valence-corrected chi connectivity index (χ1v) is 12.1. The third kappa shape index (κ3) is 11.8. The van der Waals surface area contributed by atoms with Crippen LogP contribution in [0, 0.1) is 13.5 Å². The molecule has 0 spiro atoms. The van der Waals surface area contributed by atoms with Crippen molar-refractivity contribution in [3.05, 3.63) is 49.1 Å². The number of hydrogen-bond donors (Lipinski definition) is 1. The number of nitrogens with zero attached hydrogens (tertiary/aromatic N) is 9. The molecule has 0 aromatic carbocycles. The summed E-state index contributed by atoms with van der Waals surface area (Å²) in [5.41, 5.74) is 2.96. The Kier molecular flexibility index (Phi) is 15.4. The Morgan fingerprint density at radius 3 is 1.31 bits per heavy atom. The molecule has 0 aliphatic rings. The van der Waals surface area contributed by atoms with E-state index in [0.717, 1.165) is 35.1 Å². The van der Waals surface area contributed by atoms with Crippen molar-refractivity contribution in [2.75, 3.05) is 0 Å². The minimum absolute atomic E-state index is 0. The molecule has 0 unspecified atom stereocenters. The quantitative estimate of drug-likeness (QED) is 0.349. The SMILES string of the molecule is CC(C)c1cn(C(C)C)nn1.C[CH+]C.[CH2-][NH+](Cc1cn(C(C)C)nn1)Cc1cn(C(C)C)nn1.[Cu+]. The Balaban J connectivity index is 0.000000653. The molecule has 11 heteroatoms.